The van der Waals surface area contributed by atoms with E-state index in [-0.39, 0.29) is 5.91 Å². The van der Waals surface area contributed by atoms with Crippen molar-refractivity contribution in [3.8, 4) is 11.5 Å². The second kappa shape index (κ2) is 10.8. The first-order chi connectivity index (χ1) is 14.5. The lowest BCUT2D eigenvalue weighted by Gasteiger charge is -2.12. The molecule has 0 spiro atoms. The molecule has 0 radical (unpaired) electrons. The number of nitrogens with one attached hydrogen (secondary N) is 1. The van der Waals surface area contributed by atoms with E-state index in [2.05, 4.69) is 26.5 Å². The Morgan fingerprint density at radius 1 is 1.07 bits per heavy atom. The minimum absolute atomic E-state index is 0.287. The summed E-state index contributed by atoms with van der Waals surface area (Å²) in [6, 6.07) is 20.0. The van der Waals surface area contributed by atoms with Gasteiger partial charge >= 0.3 is 0 Å². The van der Waals surface area contributed by atoms with Crippen LogP contribution in [0.25, 0.3) is 0 Å². The Balaban J connectivity index is 1.65. The second-order valence-electron chi connectivity index (χ2n) is 6.26. The molecule has 0 bridgehead atoms. The highest BCUT2D eigenvalue weighted by molar-refractivity contribution is 9.10. The number of nitrogens with zero attached hydrogens (tertiary/aromatic N) is 1. The summed E-state index contributed by atoms with van der Waals surface area (Å²) in [5, 5.41) is 4.69. The van der Waals surface area contributed by atoms with Crippen LogP contribution in [-0.2, 0) is 6.61 Å². The number of hydrazone groups is 1. The number of carbonyl (C=O) groups is 1. The van der Waals surface area contributed by atoms with Gasteiger partial charge in [-0.2, -0.15) is 5.10 Å². The number of benzene rings is 3. The topological polar surface area (TPSA) is 59.9 Å². The van der Waals surface area contributed by atoms with Crippen molar-refractivity contribution in [2.24, 2.45) is 5.10 Å². The summed E-state index contributed by atoms with van der Waals surface area (Å²) in [5.41, 5.74) is 4.77. The highest BCUT2D eigenvalue weighted by atomic mass is 79.9. The maximum atomic E-state index is 12.1. The molecule has 0 heterocycles. The molecule has 0 atom stereocenters. The van der Waals surface area contributed by atoms with Crippen molar-refractivity contribution in [1.82, 2.24) is 5.43 Å². The molecule has 0 aliphatic heterocycles. The third-order valence-electron chi connectivity index (χ3n) is 4.04. The number of halogens is 2. The summed E-state index contributed by atoms with van der Waals surface area (Å²) in [5.74, 6) is 0.931. The van der Waals surface area contributed by atoms with Gasteiger partial charge in [-0.1, -0.05) is 39.7 Å². The van der Waals surface area contributed by atoms with Crippen LogP contribution >= 0.6 is 27.5 Å². The van der Waals surface area contributed by atoms with Gasteiger partial charge in [0.2, 0.25) is 0 Å². The molecular weight excluding hydrogens is 468 g/mol. The van der Waals surface area contributed by atoms with E-state index in [0.717, 1.165) is 15.6 Å². The zero-order valence-electron chi connectivity index (χ0n) is 16.3. The third kappa shape index (κ3) is 6.34. The van der Waals surface area contributed by atoms with E-state index < -0.39 is 0 Å². The molecule has 1 amide bonds. The first-order valence-corrected chi connectivity index (χ1v) is 10.5. The van der Waals surface area contributed by atoms with Crippen LogP contribution in [0.15, 0.2) is 76.3 Å². The number of rotatable bonds is 8. The number of ether oxygens (including phenoxy) is 2. The van der Waals surface area contributed by atoms with Gasteiger partial charge in [-0.15, -0.1) is 0 Å². The van der Waals surface area contributed by atoms with E-state index in [9.17, 15) is 4.79 Å². The Hall–Kier alpha value is -2.83. The SMILES string of the molecule is CCOc1cc(/C=N\NC(=O)c2ccc(Br)cc2)ccc1OCc1cccc(Cl)c1. The van der Waals surface area contributed by atoms with Crippen LogP contribution in [0.5, 0.6) is 11.5 Å². The molecule has 3 aromatic rings. The lowest BCUT2D eigenvalue weighted by Crippen LogP contribution is -2.17. The predicted octanol–water partition coefficient (Wildman–Crippen LogP) is 5.84. The van der Waals surface area contributed by atoms with Gasteiger partial charge in [0.15, 0.2) is 11.5 Å². The Morgan fingerprint density at radius 2 is 1.87 bits per heavy atom. The van der Waals surface area contributed by atoms with Crippen LogP contribution < -0.4 is 14.9 Å². The molecule has 0 unspecified atom stereocenters. The summed E-state index contributed by atoms with van der Waals surface area (Å²) >= 11 is 9.36. The number of carbonyl (C=O) groups excluding carboxylic acids is 1. The van der Waals surface area contributed by atoms with E-state index in [1.54, 1.807) is 30.5 Å². The van der Waals surface area contributed by atoms with Crippen LogP contribution in [0, 0.1) is 0 Å². The molecule has 0 fully saturated rings. The monoisotopic (exact) mass is 486 g/mol. The van der Waals surface area contributed by atoms with Crippen LogP contribution in [0.3, 0.4) is 0 Å². The normalized spacial score (nSPS) is 10.8. The van der Waals surface area contributed by atoms with E-state index in [0.29, 0.717) is 35.3 Å². The summed E-state index contributed by atoms with van der Waals surface area (Å²) in [6.45, 7) is 2.77. The molecule has 3 rings (SSSR count). The van der Waals surface area contributed by atoms with Crippen molar-refractivity contribution in [2.75, 3.05) is 6.61 Å². The Labute approximate surface area is 188 Å². The minimum Gasteiger partial charge on any atom is -0.490 e. The van der Waals surface area contributed by atoms with Crippen molar-refractivity contribution in [1.29, 1.82) is 0 Å². The van der Waals surface area contributed by atoms with Crippen LogP contribution in [0.1, 0.15) is 28.4 Å². The highest BCUT2D eigenvalue weighted by Crippen LogP contribution is 2.29. The molecule has 154 valence electrons. The zero-order chi connectivity index (χ0) is 21.3. The van der Waals surface area contributed by atoms with Gasteiger partial charge in [0.1, 0.15) is 6.61 Å². The smallest absolute Gasteiger partial charge is 0.271 e. The van der Waals surface area contributed by atoms with Gasteiger partial charge in [-0.25, -0.2) is 5.43 Å². The molecule has 7 heteroatoms. The summed E-state index contributed by atoms with van der Waals surface area (Å²) in [6.07, 6.45) is 1.56. The van der Waals surface area contributed by atoms with Crippen molar-refractivity contribution >= 4 is 39.7 Å². The molecule has 0 aliphatic rings. The minimum atomic E-state index is -0.287. The highest BCUT2D eigenvalue weighted by Gasteiger charge is 2.07. The largest absolute Gasteiger partial charge is 0.490 e. The quantitative estimate of drug-likeness (QED) is 0.320. The molecule has 0 saturated carbocycles. The fourth-order valence-electron chi connectivity index (χ4n) is 2.61. The van der Waals surface area contributed by atoms with Crippen molar-refractivity contribution in [3.05, 3.63) is 92.9 Å². The zero-order valence-corrected chi connectivity index (χ0v) is 18.6. The number of hydrogen-bond acceptors (Lipinski definition) is 4. The molecule has 0 aliphatic carbocycles. The van der Waals surface area contributed by atoms with Crippen LogP contribution in [0.4, 0.5) is 0 Å². The van der Waals surface area contributed by atoms with Crippen LogP contribution in [0.2, 0.25) is 5.02 Å². The predicted molar refractivity (Wildman–Crippen MR) is 123 cm³/mol. The lowest BCUT2D eigenvalue weighted by atomic mass is 10.2. The van der Waals surface area contributed by atoms with Gasteiger partial charge in [0.05, 0.1) is 12.8 Å². The average molecular weight is 488 g/mol. The van der Waals surface area contributed by atoms with Crippen molar-refractivity contribution in [3.63, 3.8) is 0 Å². The van der Waals surface area contributed by atoms with E-state index in [1.165, 1.54) is 0 Å². The summed E-state index contributed by atoms with van der Waals surface area (Å²) in [7, 11) is 0. The molecular formula is C23H20BrClN2O3. The van der Waals surface area contributed by atoms with Crippen molar-refractivity contribution in [2.45, 2.75) is 13.5 Å². The van der Waals surface area contributed by atoms with Crippen LogP contribution in [-0.4, -0.2) is 18.7 Å². The number of amides is 1. The Kier molecular flexibility index (Phi) is 7.88. The van der Waals surface area contributed by atoms with E-state index >= 15 is 0 Å². The molecule has 30 heavy (non-hydrogen) atoms. The molecule has 1 N–H and O–H groups in total. The fraction of sp³-hybridized carbons (Fsp3) is 0.130. The van der Waals surface area contributed by atoms with Crippen molar-refractivity contribution < 1.29 is 14.3 Å². The van der Waals surface area contributed by atoms with Gasteiger partial charge in [0.25, 0.3) is 5.91 Å². The molecule has 0 aromatic heterocycles. The van der Waals surface area contributed by atoms with Gasteiger partial charge < -0.3 is 9.47 Å². The molecule has 5 nitrogen and oxygen atoms in total. The molecule has 3 aromatic carbocycles. The fourth-order valence-corrected chi connectivity index (χ4v) is 3.09. The first-order valence-electron chi connectivity index (χ1n) is 9.28. The van der Waals surface area contributed by atoms with Gasteiger partial charge in [-0.05, 0) is 72.6 Å². The maximum absolute atomic E-state index is 12.1. The number of hydrogen-bond donors (Lipinski definition) is 1. The van der Waals surface area contributed by atoms with Gasteiger partial charge in [0, 0.05) is 15.1 Å². The molecule has 0 saturated heterocycles. The Bertz CT molecular complexity index is 1040. The summed E-state index contributed by atoms with van der Waals surface area (Å²) < 4.78 is 12.5. The standard InChI is InChI=1S/C23H20BrClN2O3/c1-2-29-22-13-16(14-26-27-23(28)18-7-9-19(24)10-8-18)6-11-21(22)30-15-17-4-3-5-20(25)12-17/h3-14H,2,15H2,1H3,(H,27,28)/b26-14-. The van der Waals surface area contributed by atoms with E-state index in [1.807, 2.05) is 49.4 Å². The first kappa shape index (κ1) is 21.9. The average Bonchev–Trinajstić information content (AvgIpc) is 2.74. The van der Waals surface area contributed by atoms with E-state index in [4.69, 9.17) is 21.1 Å². The van der Waals surface area contributed by atoms with Gasteiger partial charge in [-0.3, -0.25) is 4.79 Å². The lowest BCUT2D eigenvalue weighted by molar-refractivity contribution is 0.0955. The maximum Gasteiger partial charge on any atom is 0.271 e. The summed E-state index contributed by atoms with van der Waals surface area (Å²) in [4.78, 5) is 12.1. The Morgan fingerprint density at radius 3 is 2.60 bits per heavy atom. The third-order valence-corrected chi connectivity index (χ3v) is 4.80. The second-order valence-corrected chi connectivity index (χ2v) is 7.62.